The number of anilines is 1. The maximum atomic E-state index is 12.1. The lowest BCUT2D eigenvalue weighted by atomic mass is 10.2. The number of rotatable bonds is 4. The molecule has 0 fully saturated rings. The first kappa shape index (κ1) is 15.2. The molecule has 1 unspecified atom stereocenters. The zero-order valence-electron chi connectivity index (χ0n) is 11.8. The second kappa shape index (κ2) is 6.50. The fraction of sp³-hybridized carbons (Fsp3) is 0.188. The van der Waals surface area contributed by atoms with Crippen LogP contribution in [0.25, 0.3) is 0 Å². The van der Waals surface area contributed by atoms with Crippen molar-refractivity contribution < 1.29 is 14.6 Å². The van der Waals surface area contributed by atoms with Crippen molar-refractivity contribution in [2.24, 2.45) is 0 Å². The summed E-state index contributed by atoms with van der Waals surface area (Å²) >= 11 is 5.86. The van der Waals surface area contributed by atoms with Gasteiger partial charge >= 0.3 is 0 Å². The van der Waals surface area contributed by atoms with E-state index in [-0.39, 0.29) is 11.7 Å². The molecular formula is C16H16ClNO3. The third-order valence-electron chi connectivity index (χ3n) is 2.89. The Kier molecular flexibility index (Phi) is 4.70. The number of benzene rings is 2. The van der Waals surface area contributed by atoms with Crippen molar-refractivity contribution in [3.8, 4) is 11.5 Å². The van der Waals surface area contributed by atoms with E-state index in [1.165, 1.54) is 0 Å². The molecule has 21 heavy (non-hydrogen) atoms. The number of halogens is 1. The lowest BCUT2D eigenvalue weighted by Gasteiger charge is -2.15. The Morgan fingerprint density at radius 1 is 1.29 bits per heavy atom. The van der Waals surface area contributed by atoms with Gasteiger partial charge in [0.1, 0.15) is 11.5 Å². The minimum absolute atomic E-state index is 0.0262. The van der Waals surface area contributed by atoms with Gasteiger partial charge in [-0.25, -0.2) is 0 Å². The number of aromatic hydroxyl groups is 1. The number of ether oxygens (including phenoxy) is 1. The minimum atomic E-state index is -0.718. The molecule has 0 spiro atoms. The highest BCUT2D eigenvalue weighted by atomic mass is 35.5. The smallest absolute Gasteiger partial charge is 0.265 e. The second-order valence-electron chi connectivity index (χ2n) is 4.73. The van der Waals surface area contributed by atoms with Gasteiger partial charge in [-0.2, -0.15) is 0 Å². The van der Waals surface area contributed by atoms with E-state index in [9.17, 15) is 9.90 Å². The summed E-state index contributed by atoms with van der Waals surface area (Å²) in [6, 6.07) is 11.9. The molecule has 0 bridgehead atoms. The van der Waals surface area contributed by atoms with Crippen molar-refractivity contribution in [3.05, 3.63) is 53.1 Å². The van der Waals surface area contributed by atoms with Crippen LogP contribution in [0.4, 0.5) is 5.69 Å². The number of nitrogens with one attached hydrogen (secondary N) is 1. The Hall–Kier alpha value is -2.20. The highest BCUT2D eigenvalue weighted by Gasteiger charge is 2.16. The first-order valence-electron chi connectivity index (χ1n) is 6.48. The topological polar surface area (TPSA) is 58.6 Å². The van der Waals surface area contributed by atoms with Gasteiger partial charge in [-0.3, -0.25) is 4.79 Å². The zero-order chi connectivity index (χ0) is 15.4. The molecule has 5 heteroatoms. The fourth-order valence-electron chi connectivity index (χ4n) is 1.78. The minimum Gasteiger partial charge on any atom is -0.506 e. The highest BCUT2D eigenvalue weighted by molar-refractivity contribution is 6.30. The monoisotopic (exact) mass is 305 g/mol. The van der Waals surface area contributed by atoms with E-state index >= 15 is 0 Å². The third kappa shape index (κ3) is 4.13. The van der Waals surface area contributed by atoms with Gasteiger partial charge in [-0.15, -0.1) is 0 Å². The van der Waals surface area contributed by atoms with Gasteiger partial charge in [-0.05, 0) is 49.7 Å². The van der Waals surface area contributed by atoms with Crippen LogP contribution in [0.2, 0.25) is 5.02 Å². The lowest BCUT2D eigenvalue weighted by Crippen LogP contribution is -2.30. The zero-order valence-corrected chi connectivity index (χ0v) is 12.5. The van der Waals surface area contributed by atoms with Gasteiger partial charge in [0, 0.05) is 5.02 Å². The van der Waals surface area contributed by atoms with Crippen LogP contribution in [-0.2, 0) is 4.79 Å². The van der Waals surface area contributed by atoms with E-state index in [0.717, 1.165) is 5.56 Å². The standard InChI is InChI=1S/C16H16ClNO3/c1-10-6-7-14(15(19)8-10)18-16(20)11(2)21-13-5-3-4-12(17)9-13/h3-9,11,19H,1-2H3,(H,18,20). The summed E-state index contributed by atoms with van der Waals surface area (Å²) in [5.41, 5.74) is 1.26. The van der Waals surface area contributed by atoms with Gasteiger partial charge in [0.25, 0.3) is 5.91 Å². The van der Waals surface area contributed by atoms with Crippen LogP contribution in [-0.4, -0.2) is 17.1 Å². The van der Waals surface area contributed by atoms with Gasteiger partial charge in [0.2, 0.25) is 0 Å². The summed E-state index contributed by atoms with van der Waals surface area (Å²) in [5.74, 6) is 0.186. The van der Waals surface area contributed by atoms with Crippen molar-refractivity contribution in [1.82, 2.24) is 0 Å². The Balaban J connectivity index is 2.02. The molecule has 2 aromatic rings. The molecule has 0 aliphatic heterocycles. The van der Waals surface area contributed by atoms with E-state index in [1.807, 2.05) is 6.92 Å². The Morgan fingerprint density at radius 2 is 2.05 bits per heavy atom. The van der Waals surface area contributed by atoms with Crippen LogP contribution in [0.1, 0.15) is 12.5 Å². The molecule has 2 rings (SSSR count). The first-order chi connectivity index (χ1) is 9.95. The molecule has 0 heterocycles. The van der Waals surface area contributed by atoms with Gasteiger partial charge < -0.3 is 15.2 Å². The van der Waals surface area contributed by atoms with Crippen LogP contribution < -0.4 is 10.1 Å². The van der Waals surface area contributed by atoms with E-state index in [1.54, 1.807) is 49.4 Å². The van der Waals surface area contributed by atoms with Gasteiger partial charge in [0.15, 0.2) is 6.10 Å². The number of phenolic OH excluding ortho intramolecular Hbond substituents is 1. The van der Waals surface area contributed by atoms with Crippen LogP contribution in [0.15, 0.2) is 42.5 Å². The second-order valence-corrected chi connectivity index (χ2v) is 5.16. The van der Waals surface area contributed by atoms with Crippen molar-refractivity contribution in [1.29, 1.82) is 0 Å². The summed E-state index contributed by atoms with van der Waals surface area (Å²) in [5, 5.41) is 12.9. The number of phenols is 1. The van der Waals surface area contributed by atoms with Crippen molar-refractivity contribution in [3.63, 3.8) is 0 Å². The lowest BCUT2D eigenvalue weighted by molar-refractivity contribution is -0.122. The van der Waals surface area contributed by atoms with Crippen LogP contribution >= 0.6 is 11.6 Å². The summed E-state index contributed by atoms with van der Waals surface area (Å²) in [7, 11) is 0. The Labute approximate surface area is 128 Å². The van der Waals surface area contributed by atoms with Gasteiger partial charge in [-0.1, -0.05) is 23.7 Å². The normalized spacial score (nSPS) is 11.8. The molecule has 0 aliphatic rings. The first-order valence-corrected chi connectivity index (χ1v) is 6.86. The van der Waals surface area contributed by atoms with E-state index in [0.29, 0.717) is 16.5 Å². The molecule has 1 amide bonds. The maximum Gasteiger partial charge on any atom is 0.265 e. The van der Waals surface area contributed by atoms with Crippen molar-refractivity contribution >= 4 is 23.2 Å². The highest BCUT2D eigenvalue weighted by Crippen LogP contribution is 2.24. The van der Waals surface area contributed by atoms with Crippen molar-refractivity contribution in [2.75, 3.05) is 5.32 Å². The summed E-state index contributed by atoms with van der Waals surface area (Å²) in [4.78, 5) is 12.1. The number of hydrogen-bond acceptors (Lipinski definition) is 3. The summed E-state index contributed by atoms with van der Waals surface area (Å²) < 4.78 is 5.51. The molecule has 0 aromatic heterocycles. The van der Waals surface area contributed by atoms with Crippen LogP contribution in [0, 0.1) is 6.92 Å². The third-order valence-corrected chi connectivity index (χ3v) is 3.12. The molecule has 4 nitrogen and oxygen atoms in total. The van der Waals surface area contributed by atoms with Crippen LogP contribution in [0.5, 0.6) is 11.5 Å². The molecule has 0 saturated carbocycles. The van der Waals surface area contributed by atoms with Crippen LogP contribution in [0.3, 0.4) is 0 Å². The van der Waals surface area contributed by atoms with E-state index in [4.69, 9.17) is 16.3 Å². The molecule has 0 saturated heterocycles. The molecule has 0 aliphatic carbocycles. The average molecular weight is 306 g/mol. The number of amides is 1. The largest absolute Gasteiger partial charge is 0.506 e. The van der Waals surface area contributed by atoms with Gasteiger partial charge in [0.05, 0.1) is 5.69 Å². The average Bonchev–Trinajstić information content (AvgIpc) is 2.41. The maximum absolute atomic E-state index is 12.1. The predicted octanol–water partition coefficient (Wildman–Crippen LogP) is 3.76. The Bertz CT molecular complexity index is 658. The summed E-state index contributed by atoms with van der Waals surface area (Å²) in [6.45, 7) is 3.48. The molecule has 1 atom stereocenters. The SMILES string of the molecule is Cc1ccc(NC(=O)C(C)Oc2cccc(Cl)c2)c(O)c1. The van der Waals surface area contributed by atoms with Crippen molar-refractivity contribution in [2.45, 2.75) is 20.0 Å². The number of carbonyl (C=O) groups excluding carboxylic acids is 1. The number of carbonyl (C=O) groups is 1. The molecular weight excluding hydrogens is 290 g/mol. The van der Waals surface area contributed by atoms with E-state index < -0.39 is 6.10 Å². The Morgan fingerprint density at radius 3 is 2.71 bits per heavy atom. The predicted molar refractivity (Wildman–Crippen MR) is 83.0 cm³/mol. The molecule has 2 aromatic carbocycles. The molecule has 0 radical (unpaired) electrons. The number of hydrogen-bond donors (Lipinski definition) is 2. The quantitative estimate of drug-likeness (QED) is 0.846. The molecule has 2 N–H and O–H groups in total. The summed E-state index contributed by atoms with van der Waals surface area (Å²) in [6.07, 6.45) is -0.718. The van der Waals surface area contributed by atoms with E-state index in [2.05, 4.69) is 5.32 Å². The number of aryl methyl sites for hydroxylation is 1. The molecule has 110 valence electrons. The fourth-order valence-corrected chi connectivity index (χ4v) is 1.96.